The van der Waals surface area contributed by atoms with Gasteiger partial charge in [-0.3, -0.25) is 0 Å². The van der Waals surface area contributed by atoms with Crippen molar-refractivity contribution in [3.63, 3.8) is 0 Å². The highest BCUT2D eigenvalue weighted by Crippen LogP contribution is 2.74. The van der Waals surface area contributed by atoms with Gasteiger partial charge in [-0.05, 0) is 105 Å². The number of carboxylic acids is 1. The summed E-state index contributed by atoms with van der Waals surface area (Å²) in [5.41, 5.74) is 2.99. The fourth-order valence-electron chi connectivity index (χ4n) is 9.48. The molecule has 4 aliphatic rings. The van der Waals surface area contributed by atoms with Crippen LogP contribution >= 0.6 is 0 Å². The van der Waals surface area contributed by atoms with Gasteiger partial charge < -0.3 is 10.2 Å². The number of hydrogen-bond donors (Lipinski definition) is 2. The zero-order valence-corrected chi connectivity index (χ0v) is 22.2. The van der Waals surface area contributed by atoms with Crippen LogP contribution in [0.3, 0.4) is 0 Å². The maximum absolute atomic E-state index is 11.1. The first kappa shape index (κ1) is 25.0. The molecular formula is C30H48O3. The highest BCUT2D eigenvalue weighted by Gasteiger charge is 2.67. The van der Waals surface area contributed by atoms with Crippen LogP contribution in [0.1, 0.15) is 106 Å². The molecule has 2 N–H and O–H groups in total. The summed E-state index contributed by atoms with van der Waals surface area (Å²) in [4.78, 5) is 11.1. The Labute approximate surface area is 202 Å². The van der Waals surface area contributed by atoms with Crippen molar-refractivity contribution in [3.05, 3.63) is 23.3 Å². The number of carbonyl (C=O) groups is 1. The summed E-state index contributed by atoms with van der Waals surface area (Å²) in [6.07, 6.45) is 14.7. The Kier molecular flexibility index (Phi) is 6.25. The lowest BCUT2D eigenvalue weighted by molar-refractivity contribution is -0.145. The molecule has 0 aromatic carbocycles. The smallest absolute Gasteiger partial charge is 0.330 e. The van der Waals surface area contributed by atoms with Crippen molar-refractivity contribution in [2.24, 2.45) is 45.3 Å². The van der Waals surface area contributed by atoms with Crippen molar-refractivity contribution in [2.75, 3.05) is 0 Å². The maximum atomic E-state index is 11.1. The average Bonchev–Trinajstić information content (AvgIpc) is 3.02. The van der Waals surface area contributed by atoms with E-state index in [1.807, 2.05) is 6.08 Å². The van der Waals surface area contributed by atoms with Crippen LogP contribution in [0.4, 0.5) is 0 Å². The number of carboxylic acid groups (broad SMARTS) is 1. The topological polar surface area (TPSA) is 57.5 Å². The monoisotopic (exact) mass is 456 g/mol. The molecule has 186 valence electrons. The van der Waals surface area contributed by atoms with Crippen LogP contribution in [0, 0.1) is 45.3 Å². The third-order valence-corrected chi connectivity index (χ3v) is 12.0. The fraction of sp³-hybridized carbons (Fsp3) is 0.833. The van der Waals surface area contributed by atoms with E-state index < -0.39 is 5.97 Å². The Balaban J connectivity index is 1.58. The molecule has 0 spiro atoms. The van der Waals surface area contributed by atoms with Gasteiger partial charge in [-0.1, -0.05) is 59.3 Å². The van der Waals surface area contributed by atoms with E-state index in [9.17, 15) is 9.90 Å². The predicted octanol–water partition coefficient (Wildman–Crippen LogP) is 7.40. The Morgan fingerprint density at radius 2 is 1.79 bits per heavy atom. The molecule has 4 aliphatic carbocycles. The molecule has 33 heavy (non-hydrogen) atoms. The van der Waals surface area contributed by atoms with Crippen molar-refractivity contribution in [3.8, 4) is 0 Å². The van der Waals surface area contributed by atoms with Crippen molar-refractivity contribution in [1.29, 1.82) is 0 Å². The molecule has 3 saturated carbocycles. The second-order valence-electron chi connectivity index (χ2n) is 13.5. The maximum Gasteiger partial charge on any atom is 0.330 e. The molecule has 0 radical (unpaired) electrons. The number of aliphatic hydroxyl groups excluding tert-OH is 1. The first-order chi connectivity index (χ1) is 15.3. The molecule has 3 fully saturated rings. The molecule has 0 heterocycles. The van der Waals surface area contributed by atoms with Gasteiger partial charge in [-0.25, -0.2) is 4.79 Å². The van der Waals surface area contributed by atoms with Crippen molar-refractivity contribution < 1.29 is 15.0 Å². The van der Waals surface area contributed by atoms with E-state index in [0.29, 0.717) is 33.7 Å². The van der Waals surface area contributed by atoms with Gasteiger partial charge in [0.2, 0.25) is 0 Å². The standard InChI is InChI=1S/C30H48O3/c1-19(9-8-10-20(2)26(32)33)21-15-16-30(7)24-13-11-22-23(12-14-25(31)27(22,3)4)28(24,5)17-18-29(21,30)6/h10-11,19,21,23-25,31H,8-9,12-18H2,1-7H3,(H,32,33)/b20-10+/t19-,21-,23-,24-,25-,28+,29-,30+/m1/s1. The molecule has 3 heteroatoms. The van der Waals surface area contributed by atoms with Gasteiger partial charge in [-0.2, -0.15) is 0 Å². The van der Waals surface area contributed by atoms with Gasteiger partial charge in [0, 0.05) is 11.0 Å². The SMILES string of the molecule is C/C(=C\CC[C@@H](C)[C@H]1CC[C@@]2(C)[C@@H]3CC=C4[C@@H](CC[C@@H](O)C4(C)C)[C@]3(C)CC[C@]12C)C(=O)O. The molecule has 0 aliphatic heterocycles. The number of allylic oxidation sites excluding steroid dienone is 2. The molecule has 3 nitrogen and oxygen atoms in total. The molecule has 8 atom stereocenters. The van der Waals surface area contributed by atoms with E-state index in [1.165, 1.54) is 32.1 Å². The molecule has 0 aromatic heterocycles. The van der Waals surface area contributed by atoms with Gasteiger partial charge in [0.25, 0.3) is 0 Å². The molecule has 0 amide bonds. The predicted molar refractivity (Wildman–Crippen MR) is 135 cm³/mol. The van der Waals surface area contributed by atoms with Gasteiger partial charge in [0.05, 0.1) is 6.10 Å². The molecule has 0 bridgehead atoms. The molecule has 0 unspecified atom stereocenters. The summed E-state index contributed by atoms with van der Waals surface area (Å²) in [7, 11) is 0. The Morgan fingerprint density at radius 3 is 2.45 bits per heavy atom. The van der Waals surface area contributed by atoms with Crippen LogP contribution in [0.25, 0.3) is 0 Å². The zero-order valence-electron chi connectivity index (χ0n) is 22.2. The van der Waals surface area contributed by atoms with E-state index in [1.54, 1.807) is 12.5 Å². The summed E-state index contributed by atoms with van der Waals surface area (Å²) >= 11 is 0. The van der Waals surface area contributed by atoms with Crippen LogP contribution < -0.4 is 0 Å². The van der Waals surface area contributed by atoms with Gasteiger partial charge in [0.1, 0.15) is 0 Å². The summed E-state index contributed by atoms with van der Waals surface area (Å²) in [6.45, 7) is 16.5. The molecule has 4 rings (SSSR count). The lowest BCUT2D eigenvalue weighted by Crippen LogP contribution is -2.59. The minimum absolute atomic E-state index is 0.0904. The Bertz CT molecular complexity index is 853. The third kappa shape index (κ3) is 3.58. The highest BCUT2D eigenvalue weighted by molar-refractivity contribution is 5.85. The van der Waals surface area contributed by atoms with Crippen molar-refractivity contribution in [1.82, 2.24) is 0 Å². The van der Waals surface area contributed by atoms with Gasteiger partial charge in [-0.15, -0.1) is 0 Å². The van der Waals surface area contributed by atoms with Gasteiger partial charge in [0.15, 0.2) is 0 Å². The second-order valence-corrected chi connectivity index (χ2v) is 13.5. The van der Waals surface area contributed by atoms with E-state index >= 15 is 0 Å². The van der Waals surface area contributed by atoms with Crippen molar-refractivity contribution >= 4 is 5.97 Å². The van der Waals surface area contributed by atoms with Crippen LogP contribution in [0.2, 0.25) is 0 Å². The van der Waals surface area contributed by atoms with E-state index in [4.69, 9.17) is 5.11 Å². The minimum atomic E-state index is -0.794. The van der Waals surface area contributed by atoms with E-state index in [-0.39, 0.29) is 11.5 Å². The first-order valence-corrected chi connectivity index (χ1v) is 13.6. The average molecular weight is 457 g/mol. The minimum Gasteiger partial charge on any atom is -0.478 e. The number of rotatable bonds is 5. The van der Waals surface area contributed by atoms with Crippen LogP contribution in [0.15, 0.2) is 23.3 Å². The normalized spacial score (nSPS) is 45.5. The molecular weight excluding hydrogens is 408 g/mol. The summed E-state index contributed by atoms with van der Waals surface area (Å²) in [6, 6.07) is 0. The Morgan fingerprint density at radius 1 is 1.09 bits per heavy atom. The second kappa shape index (κ2) is 8.25. The largest absolute Gasteiger partial charge is 0.478 e. The van der Waals surface area contributed by atoms with E-state index in [2.05, 4.69) is 47.6 Å². The lowest BCUT2D eigenvalue weighted by atomic mass is 9.39. The van der Waals surface area contributed by atoms with Crippen LogP contribution in [0.5, 0.6) is 0 Å². The van der Waals surface area contributed by atoms with Gasteiger partial charge >= 0.3 is 5.97 Å². The summed E-state index contributed by atoms with van der Waals surface area (Å²) < 4.78 is 0. The third-order valence-electron chi connectivity index (χ3n) is 12.0. The van der Waals surface area contributed by atoms with Crippen LogP contribution in [-0.4, -0.2) is 22.3 Å². The number of fused-ring (bicyclic) bond motifs is 5. The first-order valence-electron chi connectivity index (χ1n) is 13.6. The summed E-state index contributed by atoms with van der Waals surface area (Å²) in [5.74, 6) is 1.89. The lowest BCUT2D eigenvalue weighted by Gasteiger charge is -2.66. The quantitative estimate of drug-likeness (QED) is 0.335. The number of aliphatic carboxylic acids is 1. The fourth-order valence-corrected chi connectivity index (χ4v) is 9.48. The molecule has 0 aromatic rings. The zero-order chi connectivity index (χ0) is 24.4. The van der Waals surface area contributed by atoms with Crippen molar-refractivity contribution in [2.45, 2.75) is 112 Å². The van der Waals surface area contributed by atoms with E-state index in [0.717, 1.165) is 37.5 Å². The highest BCUT2D eigenvalue weighted by atomic mass is 16.4. The number of hydrogen-bond acceptors (Lipinski definition) is 2. The summed E-state index contributed by atoms with van der Waals surface area (Å²) in [5, 5.41) is 19.9. The number of aliphatic hydroxyl groups is 1. The Hall–Kier alpha value is -1.09. The molecule has 0 saturated heterocycles. The van der Waals surface area contributed by atoms with Crippen LogP contribution in [-0.2, 0) is 4.79 Å².